The van der Waals surface area contributed by atoms with Crippen LogP contribution in [0.25, 0.3) is 11.1 Å². The van der Waals surface area contributed by atoms with Gasteiger partial charge in [-0.1, -0.05) is 42.0 Å². The third-order valence-electron chi connectivity index (χ3n) is 2.83. The van der Waals surface area contributed by atoms with Gasteiger partial charge in [-0.2, -0.15) is 0 Å². The molecule has 0 heterocycles. The highest BCUT2D eigenvalue weighted by molar-refractivity contribution is 5.90. The molecule has 19 heavy (non-hydrogen) atoms. The van der Waals surface area contributed by atoms with Crippen LogP contribution in [0.4, 0.5) is 0 Å². The quantitative estimate of drug-likeness (QED) is 0.856. The molecule has 0 aliphatic carbocycles. The third kappa shape index (κ3) is 3.42. The predicted molar refractivity (Wildman–Crippen MR) is 74.0 cm³/mol. The molecule has 2 rings (SSSR count). The molecule has 0 radical (unpaired) electrons. The van der Waals surface area contributed by atoms with E-state index in [1.54, 1.807) is 12.1 Å². The maximum absolute atomic E-state index is 11.6. The van der Waals surface area contributed by atoms with E-state index >= 15 is 0 Å². The number of hydrogen-bond acceptors (Lipinski definition) is 3. The normalized spacial score (nSPS) is 10.2. The van der Waals surface area contributed by atoms with Crippen molar-refractivity contribution in [1.82, 2.24) is 0 Å². The average Bonchev–Trinajstić information content (AvgIpc) is 2.46. The lowest BCUT2D eigenvalue weighted by atomic mass is 10.0. The van der Waals surface area contributed by atoms with Crippen LogP contribution in [0.2, 0.25) is 0 Å². The summed E-state index contributed by atoms with van der Waals surface area (Å²) in [6.07, 6.45) is 0. The molecule has 0 amide bonds. The Labute approximate surface area is 112 Å². The first-order chi connectivity index (χ1) is 9.20. The van der Waals surface area contributed by atoms with E-state index in [0.717, 1.165) is 11.1 Å². The summed E-state index contributed by atoms with van der Waals surface area (Å²) in [7, 11) is 0. The summed E-state index contributed by atoms with van der Waals surface area (Å²) >= 11 is 0. The Morgan fingerprint density at radius 3 is 2.05 bits per heavy atom. The van der Waals surface area contributed by atoms with Gasteiger partial charge in [-0.25, -0.2) is 4.79 Å². The van der Waals surface area contributed by atoms with Gasteiger partial charge in [-0.3, -0.25) is 0 Å². The van der Waals surface area contributed by atoms with Crippen LogP contribution in [0, 0.1) is 6.92 Å². The van der Waals surface area contributed by atoms with E-state index in [2.05, 4.69) is 24.3 Å². The van der Waals surface area contributed by atoms with Gasteiger partial charge in [-0.05, 0) is 30.2 Å². The highest BCUT2D eigenvalue weighted by atomic mass is 16.5. The molecule has 98 valence electrons. The van der Waals surface area contributed by atoms with Crippen molar-refractivity contribution in [2.45, 2.75) is 6.92 Å². The summed E-state index contributed by atoms with van der Waals surface area (Å²) in [5.41, 5.74) is 3.87. The van der Waals surface area contributed by atoms with E-state index in [1.165, 1.54) is 5.56 Å². The van der Waals surface area contributed by atoms with Crippen LogP contribution in [0.15, 0.2) is 48.5 Å². The Hall–Kier alpha value is -2.13. The van der Waals surface area contributed by atoms with Gasteiger partial charge in [0.1, 0.15) is 6.61 Å². The molecular formula is C16H16O3. The molecule has 0 fully saturated rings. The molecule has 0 atom stereocenters. The Morgan fingerprint density at radius 1 is 1.00 bits per heavy atom. The van der Waals surface area contributed by atoms with E-state index < -0.39 is 5.97 Å². The van der Waals surface area contributed by atoms with Gasteiger partial charge < -0.3 is 9.84 Å². The predicted octanol–water partition coefficient (Wildman–Crippen LogP) is 2.81. The fraction of sp³-hybridized carbons (Fsp3) is 0.188. The lowest BCUT2D eigenvalue weighted by molar-refractivity contribution is 0.0434. The van der Waals surface area contributed by atoms with Crippen molar-refractivity contribution in [3.05, 3.63) is 59.7 Å². The Balaban J connectivity index is 2.14. The van der Waals surface area contributed by atoms with Gasteiger partial charge in [0.05, 0.1) is 12.2 Å². The zero-order chi connectivity index (χ0) is 13.7. The standard InChI is InChI=1S/C16H16O3/c1-12-2-4-13(5-3-12)14-6-8-15(9-7-14)16(18)19-11-10-17/h2-9,17H,10-11H2,1H3. The Morgan fingerprint density at radius 2 is 1.53 bits per heavy atom. The molecule has 0 saturated heterocycles. The van der Waals surface area contributed by atoms with Gasteiger partial charge >= 0.3 is 5.97 Å². The summed E-state index contributed by atoms with van der Waals surface area (Å²) < 4.78 is 4.85. The summed E-state index contributed by atoms with van der Waals surface area (Å²) in [5.74, 6) is -0.412. The monoisotopic (exact) mass is 256 g/mol. The van der Waals surface area contributed by atoms with Crippen LogP contribution >= 0.6 is 0 Å². The van der Waals surface area contributed by atoms with Gasteiger partial charge in [0.15, 0.2) is 0 Å². The van der Waals surface area contributed by atoms with Crippen LogP contribution in [0.5, 0.6) is 0 Å². The molecule has 0 unspecified atom stereocenters. The molecule has 0 spiro atoms. The van der Waals surface area contributed by atoms with Crippen LogP contribution in [-0.2, 0) is 4.74 Å². The number of carbonyl (C=O) groups excluding carboxylic acids is 1. The first kappa shape index (κ1) is 13.3. The summed E-state index contributed by atoms with van der Waals surface area (Å²) in [5, 5.41) is 8.60. The zero-order valence-corrected chi connectivity index (χ0v) is 10.8. The molecule has 3 heteroatoms. The van der Waals surface area contributed by atoms with E-state index in [-0.39, 0.29) is 13.2 Å². The summed E-state index contributed by atoms with van der Waals surface area (Å²) in [6, 6.07) is 15.4. The highest BCUT2D eigenvalue weighted by Gasteiger charge is 2.06. The minimum atomic E-state index is -0.412. The minimum absolute atomic E-state index is 0.0263. The highest BCUT2D eigenvalue weighted by Crippen LogP contribution is 2.20. The van der Waals surface area contributed by atoms with Crippen LogP contribution < -0.4 is 0 Å². The maximum Gasteiger partial charge on any atom is 0.338 e. The smallest absolute Gasteiger partial charge is 0.338 e. The molecule has 0 saturated carbocycles. The van der Waals surface area contributed by atoms with Crippen LogP contribution in [-0.4, -0.2) is 24.3 Å². The fourth-order valence-electron chi connectivity index (χ4n) is 1.77. The van der Waals surface area contributed by atoms with Crippen molar-refractivity contribution in [2.75, 3.05) is 13.2 Å². The molecule has 0 aliphatic heterocycles. The molecule has 1 N–H and O–H groups in total. The minimum Gasteiger partial charge on any atom is -0.460 e. The van der Waals surface area contributed by atoms with Crippen molar-refractivity contribution in [2.24, 2.45) is 0 Å². The van der Waals surface area contributed by atoms with Gasteiger partial charge in [-0.15, -0.1) is 0 Å². The van der Waals surface area contributed by atoms with Gasteiger partial charge in [0.2, 0.25) is 0 Å². The SMILES string of the molecule is Cc1ccc(-c2ccc(C(=O)OCCO)cc2)cc1. The van der Waals surface area contributed by atoms with Gasteiger partial charge in [0, 0.05) is 0 Å². The van der Waals surface area contributed by atoms with Crippen molar-refractivity contribution in [3.8, 4) is 11.1 Å². The number of carbonyl (C=O) groups is 1. The Bertz CT molecular complexity index is 541. The number of aliphatic hydroxyl groups is 1. The molecular weight excluding hydrogens is 240 g/mol. The lowest BCUT2D eigenvalue weighted by Crippen LogP contribution is -2.08. The van der Waals surface area contributed by atoms with Crippen molar-refractivity contribution < 1.29 is 14.6 Å². The number of aliphatic hydroxyl groups excluding tert-OH is 1. The van der Waals surface area contributed by atoms with E-state index in [0.29, 0.717) is 5.56 Å². The first-order valence-electron chi connectivity index (χ1n) is 6.16. The Kier molecular flexibility index (Phi) is 4.31. The number of aryl methyl sites for hydroxylation is 1. The molecule has 3 nitrogen and oxygen atoms in total. The maximum atomic E-state index is 11.6. The number of esters is 1. The summed E-state index contributed by atoms with van der Waals surface area (Å²) in [4.78, 5) is 11.6. The van der Waals surface area contributed by atoms with Crippen LogP contribution in [0.3, 0.4) is 0 Å². The number of benzene rings is 2. The molecule has 0 aliphatic rings. The largest absolute Gasteiger partial charge is 0.460 e. The molecule has 2 aromatic carbocycles. The number of hydrogen-bond donors (Lipinski definition) is 1. The van der Waals surface area contributed by atoms with Crippen molar-refractivity contribution >= 4 is 5.97 Å². The topological polar surface area (TPSA) is 46.5 Å². The fourth-order valence-corrected chi connectivity index (χ4v) is 1.77. The lowest BCUT2D eigenvalue weighted by Gasteiger charge is -2.05. The second kappa shape index (κ2) is 6.16. The second-order valence-electron chi connectivity index (χ2n) is 4.30. The molecule has 0 bridgehead atoms. The van der Waals surface area contributed by atoms with Crippen molar-refractivity contribution in [1.29, 1.82) is 0 Å². The summed E-state index contributed by atoms with van der Waals surface area (Å²) in [6.45, 7) is 1.91. The van der Waals surface area contributed by atoms with E-state index in [4.69, 9.17) is 9.84 Å². The average molecular weight is 256 g/mol. The van der Waals surface area contributed by atoms with Gasteiger partial charge in [0.25, 0.3) is 0 Å². The third-order valence-corrected chi connectivity index (χ3v) is 2.83. The van der Waals surface area contributed by atoms with E-state index in [1.807, 2.05) is 19.1 Å². The zero-order valence-electron chi connectivity index (χ0n) is 10.8. The molecule has 0 aromatic heterocycles. The van der Waals surface area contributed by atoms with Crippen molar-refractivity contribution in [3.63, 3.8) is 0 Å². The number of ether oxygens (including phenoxy) is 1. The van der Waals surface area contributed by atoms with E-state index in [9.17, 15) is 4.79 Å². The van der Waals surface area contributed by atoms with Crippen LogP contribution in [0.1, 0.15) is 15.9 Å². The molecule has 2 aromatic rings. The number of rotatable bonds is 4. The second-order valence-corrected chi connectivity index (χ2v) is 4.30. The first-order valence-corrected chi connectivity index (χ1v) is 6.16.